The van der Waals surface area contributed by atoms with Crippen LogP contribution < -0.4 is 5.32 Å². The van der Waals surface area contributed by atoms with Crippen LogP contribution in [0.1, 0.15) is 17.0 Å². The number of aromatic nitrogens is 1. The summed E-state index contributed by atoms with van der Waals surface area (Å²) in [5.74, 6) is 0.252. The predicted molar refractivity (Wildman–Crippen MR) is 76.2 cm³/mol. The molecule has 19 heavy (non-hydrogen) atoms. The van der Waals surface area contributed by atoms with Crippen molar-refractivity contribution < 1.29 is 4.42 Å². The third kappa shape index (κ3) is 2.25. The molecule has 3 nitrogen and oxygen atoms in total. The second kappa shape index (κ2) is 5.24. The van der Waals surface area contributed by atoms with Gasteiger partial charge in [0.2, 0.25) is 0 Å². The first-order valence-electron chi connectivity index (χ1n) is 6.41. The van der Waals surface area contributed by atoms with Crippen molar-refractivity contribution in [3.8, 4) is 0 Å². The first-order valence-corrected chi connectivity index (χ1v) is 6.41. The first kappa shape index (κ1) is 11.9. The van der Waals surface area contributed by atoms with Crippen LogP contribution >= 0.6 is 0 Å². The first-order chi connectivity index (χ1) is 9.40. The second-order valence-corrected chi connectivity index (χ2v) is 4.58. The lowest BCUT2D eigenvalue weighted by Gasteiger charge is -2.15. The van der Waals surface area contributed by atoms with E-state index in [9.17, 15) is 0 Å². The summed E-state index contributed by atoms with van der Waals surface area (Å²) in [7, 11) is 1.96. The van der Waals surface area contributed by atoms with Crippen LogP contribution in [0.3, 0.4) is 0 Å². The number of benzene rings is 1. The summed E-state index contributed by atoms with van der Waals surface area (Å²) >= 11 is 0. The standard InChI is InChI=1S/C16H16N2O/c1-17-10-14(12-5-4-8-18-9-12)15-11-19-16-7-3-2-6-13(15)16/h2-9,11,14,17H,10H2,1H3. The van der Waals surface area contributed by atoms with Crippen molar-refractivity contribution in [1.82, 2.24) is 10.3 Å². The molecule has 3 rings (SSSR count). The largest absolute Gasteiger partial charge is 0.464 e. The quantitative estimate of drug-likeness (QED) is 0.775. The molecule has 0 fully saturated rings. The van der Waals surface area contributed by atoms with E-state index in [1.54, 1.807) is 6.20 Å². The predicted octanol–water partition coefficient (Wildman–Crippen LogP) is 3.18. The molecule has 3 aromatic rings. The highest BCUT2D eigenvalue weighted by Crippen LogP contribution is 2.31. The van der Waals surface area contributed by atoms with Crippen LogP contribution in [0, 0.1) is 0 Å². The van der Waals surface area contributed by atoms with Crippen molar-refractivity contribution in [2.45, 2.75) is 5.92 Å². The van der Waals surface area contributed by atoms with E-state index in [0.29, 0.717) is 0 Å². The molecule has 2 heterocycles. The number of hydrogen-bond acceptors (Lipinski definition) is 3. The Kier molecular flexibility index (Phi) is 3.29. The molecule has 0 radical (unpaired) electrons. The van der Waals surface area contributed by atoms with Crippen LogP contribution in [-0.2, 0) is 0 Å². The topological polar surface area (TPSA) is 38.1 Å². The number of para-hydroxylation sites is 1. The molecule has 1 unspecified atom stereocenters. The fourth-order valence-electron chi connectivity index (χ4n) is 2.46. The zero-order chi connectivity index (χ0) is 13.1. The number of nitrogens with one attached hydrogen (secondary N) is 1. The minimum atomic E-state index is 0.252. The van der Waals surface area contributed by atoms with Crippen molar-refractivity contribution in [2.24, 2.45) is 0 Å². The van der Waals surface area contributed by atoms with E-state index in [0.717, 1.165) is 12.1 Å². The summed E-state index contributed by atoms with van der Waals surface area (Å²) in [6.45, 7) is 0.856. The smallest absolute Gasteiger partial charge is 0.134 e. The third-order valence-electron chi connectivity index (χ3n) is 3.38. The third-order valence-corrected chi connectivity index (χ3v) is 3.38. The zero-order valence-corrected chi connectivity index (χ0v) is 10.8. The number of rotatable bonds is 4. The summed E-state index contributed by atoms with van der Waals surface area (Å²) in [4.78, 5) is 4.22. The minimum absolute atomic E-state index is 0.252. The number of nitrogens with zero attached hydrogens (tertiary/aromatic N) is 1. The summed E-state index contributed by atoms with van der Waals surface area (Å²) in [5.41, 5.74) is 3.34. The number of fused-ring (bicyclic) bond motifs is 1. The van der Waals surface area contributed by atoms with E-state index < -0.39 is 0 Å². The Morgan fingerprint density at radius 1 is 1.21 bits per heavy atom. The van der Waals surface area contributed by atoms with Gasteiger partial charge in [-0.05, 0) is 24.7 Å². The monoisotopic (exact) mass is 252 g/mol. The Balaban J connectivity index is 2.10. The van der Waals surface area contributed by atoms with Gasteiger partial charge in [-0.2, -0.15) is 0 Å². The van der Waals surface area contributed by atoms with Gasteiger partial charge in [-0.25, -0.2) is 0 Å². The normalized spacial score (nSPS) is 12.7. The van der Waals surface area contributed by atoms with Gasteiger partial charge in [0.15, 0.2) is 0 Å². The van der Waals surface area contributed by atoms with Crippen LogP contribution in [0.15, 0.2) is 59.5 Å². The van der Waals surface area contributed by atoms with Crippen molar-refractivity contribution in [3.63, 3.8) is 0 Å². The maximum absolute atomic E-state index is 5.65. The fourth-order valence-corrected chi connectivity index (χ4v) is 2.46. The number of likely N-dealkylation sites (N-methyl/N-ethyl adjacent to an activating group) is 1. The molecule has 0 saturated carbocycles. The summed E-state index contributed by atoms with van der Waals surface area (Å²) in [6.07, 6.45) is 5.58. The molecule has 0 spiro atoms. The average molecular weight is 252 g/mol. The van der Waals surface area contributed by atoms with Crippen LogP contribution in [0.2, 0.25) is 0 Å². The van der Waals surface area contributed by atoms with Gasteiger partial charge < -0.3 is 9.73 Å². The molecule has 0 aliphatic heterocycles. The minimum Gasteiger partial charge on any atom is -0.464 e. The average Bonchev–Trinajstić information content (AvgIpc) is 2.89. The SMILES string of the molecule is CNCC(c1cccnc1)c1coc2ccccc12. The summed E-state index contributed by atoms with van der Waals surface area (Å²) in [6, 6.07) is 12.2. The van der Waals surface area contributed by atoms with Crippen LogP contribution in [0.25, 0.3) is 11.0 Å². The number of pyridine rings is 1. The van der Waals surface area contributed by atoms with E-state index in [-0.39, 0.29) is 5.92 Å². The Bertz CT molecular complexity index is 661. The zero-order valence-electron chi connectivity index (χ0n) is 10.8. The Labute approximate surface area is 112 Å². The van der Waals surface area contributed by atoms with Gasteiger partial charge in [0.05, 0.1) is 6.26 Å². The van der Waals surface area contributed by atoms with Crippen molar-refractivity contribution in [3.05, 3.63) is 66.2 Å². The maximum atomic E-state index is 5.65. The molecule has 96 valence electrons. The van der Waals surface area contributed by atoms with Crippen molar-refractivity contribution in [2.75, 3.05) is 13.6 Å². The fraction of sp³-hybridized carbons (Fsp3) is 0.188. The molecule has 2 aromatic heterocycles. The lowest BCUT2D eigenvalue weighted by Crippen LogP contribution is -2.18. The van der Waals surface area contributed by atoms with Crippen LogP contribution in [0.5, 0.6) is 0 Å². The van der Waals surface area contributed by atoms with Crippen molar-refractivity contribution in [1.29, 1.82) is 0 Å². The van der Waals surface area contributed by atoms with Crippen molar-refractivity contribution >= 4 is 11.0 Å². The molecule has 3 heteroatoms. The van der Waals surface area contributed by atoms with Crippen LogP contribution in [0.4, 0.5) is 0 Å². The van der Waals surface area contributed by atoms with Gasteiger partial charge >= 0.3 is 0 Å². The van der Waals surface area contributed by atoms with E-state index >= 15 is 0 Å². The molecular weight excluding hydrogens is 236 g/mol. The summed E-state index contributed by atoms with van der Waals surface area (Å²) in [5, 5.41) is 4.42. The number of furan rings is 1. The van der Waals surface area contributed by atoms with Gasteiger partial charge in [-0.3, -0.25) is 4.98 Å². The van der Waals surface area contributed by atoms with E-state index in [1.807, 2.05) is 43.8 Å². The van der Waals surface area contributed by atoms with E-state index in [2.05, 4.69) is 22.4 Å². The highest BCUT2D eigenvalue weighted by molar-refractivity contribution is 5.82. The number of hydrogen-bond donors (Lipinski definition) is 1. The molecule has 0 saturated heterocycles. The molecule has 0 bridgehead atoms. The molecular formula is C16H16N2O. The Hall–Kier alpha value is -2.13. The Morgan fingerprint density at radius 2 is 2.11 bits per heavy atom. The van der Waals surface area contributed by atoms with Crippen LogP contribution in [-0.4, -0.2) is 18.6 Å². The van der Waals surface area contributed by atoms with Gasteiger partial charge in [0.1, 0.15) is 5.58 Å². The summed E-state index contributed by atoms with van der Waals surface area (Å²) < 4.78 is 5.65. The molecule has 1 N–H and O–H groups in total. The molecule has 0 amide bonds. The Morgan fingerprint density at radius 3 is 2.89 bits per heavy atom. The lowest BCUT2D eigenvalue weighted by molar-refractivity contribution is 0.601. The van der Waals surface area contributed by atoms with Gasteiger partial charge in [-0.15, -0.1) is 0 Å². The molecule has 1 atom stereocenters. The second-order valence-electron chi connectivity index (χ2n) is 4.58. The van der Waals surface area contributed by atoms with E-state index in [1.165, 1.54) is 16.5 Å². The highest BCUT2D eigenvalue weighted by Gasteiger charge is 2.18. The lowest BCUT2D eigenvalue weighted by atomic mass is 9.92. The van der Waals surface area contributed by atoms with Gasteiger partial charge in [-0.1, -0.05) is 24.3 Å². The van der Waals surface area contributed by atoms with Gasteiger partial charge in [0.25, 0.3) is 0 Å². The molecule has 0 aliphatic carbocycles. The van der Waals surface area contributed by atoms with Gasteiger partial charge in [0, 0.05) is 35.8 Å². The molecule has 1 aromatic carbocycles. The maximum Gasteiger partial charge on any atom is 0.134 e. The van der Waals surface area contributed by atoms with E-state index in [4.69, 9.17) is 4.42 Å². The highest BCUT2D eigenvalue weighted by atomic mass is 16.3. The molecule has 0 aliphatic rings.